The largest absolute Gasteiger partial charge is 0.312 e. The maximum absolute atomic E-state index is 12.6. The molecule has 1 heterocycles. The van der Waals surface area contributed by atoms with Gasteiger partial charge in [0.1, 0.15) is 0 Å². The summed E-state index contributed by atoms with van der Waals surface area (Å²) in [4.78, 5) is 17.7. The van der Waals surface area contributed by atoms with E-state index in [-0.39, 0.29) is 5.91 Å². The molecule has 5 heteroatoms. The normalized spacial score (nSPS) is 11.9. The van der Waals surface area contributed by atoms with Crippen molar-refractivity contribution in [2.24, 2.45) is 4.99 Å². The molecule has 0 saturated carbocycles. The van der Waals surface area contributed by atoms with Gasteiger partial charge in [-0.3, -0.25) is 4.79 Å². The lowest BCUT2D eigenvalue weighted by Crippen LogP contribution is -2.17. The van der Waals surface area contributed by atoms with Gasteiger partial charge in [0, 0.05) is 10.1 Å². The van der Waals surface area contributed by atoms with Gasteiger partial charge < -0.3 is 4.57 Å². The van der Waals surface area contributed by atoms with Gasteiger partial charge in [0.25, 0.3) is 5.91 Å². The van der Waals surface area contributed by atoms with Gasteiger partial charge in [0.2, 0.25) is 0 Å². The molecule has 0 spiro atoms. The van der Waals surface area contributed by atoms with E-state index in [4.69, 9.17) is 0 Å². The second kappa shape index (κ2) is 7.03. The highest BCUT2D eigenvalue weighted by molar-refractivity contribution is 14.1. The van der Waals surface area contributed by atoms with E-state index in [0.717, 1.165) is 13.8 Å². The molecule has 1 aromatic heterocycles. The van der Waals surface area contributed by atoms with E-state index in [2.05, 4.69) is 64.7 Å². The van der Waals surface area contributed by atoms with Gasteiger partial charge >= 0.3 is 0 Å². The van der Waals surface area contributed by atoms with Crippen molar-refractivity contribution in [1.82, 2.24) is 4.57 Å². The molecular formula is C19H17IN2OS. The quantitative estimate of drug-likeness (QED) is 0.417. The third kappa shape index (κ3) is 3.23. The molecule has 2 aromatic carbocycles. The van der Waals surface area contributed by atoms with Gasteiger partial charge in [-0.1, -0.05) is 35.6 Å². The maximum Gasteiger partial charge on any atom is 0.280 e. The third-order valence-corrected chi connectivity index (χ3v) is 5.69. The first-order valence-corrected chi connectivity index (χ1v) is 9.46. The summed E-state index contributed by atoms with van der Waals surface area (Å²) in [6.07, 6.45) is 1.83. The summed E-state index contributed by atoms with van der Waals surface area (Å²) in [5, 5.41) is 0. The molecule has 0 saturated heterocycles. The Labute approximate surface area is 158 Å². The summed E-state index contributed by atoms with van der Waals surface area (Å²) in [5.74, 6) is -0.209. The van der Waals surface area contributed by atoms with Crippen molar-refractivity contribution in [3.05, 3.63) is 74.1 Å². The highest BCUT2D eigenvalue weighted by Gasteiger charge is 2.12. The molecule has 0 radical (unpaired) electrons. The standard InChI is InChI=1S/C19H17IN2OS/c1-4-9-22-17-13(3)10-12(2)11-16(17)24-19(22)21-18(23)14-7-5-6-8-15(14)20/h4-8,10-11H,1,9H2,2-3H3. The maximum atomic E-state index is 12.6. The number of nitrogens with zero attached hydrogens (tertiary/aromatic N) is 2. The van der Waals surface area contributed by atoms with Crippen molar-refractivity contribution in [3.63, 3.8) is 0 Å². The molecular weight excluding hydrogens is 431 g/mol. The number of rotatable bonds is 3. The molecule has 3 nitrogen and oxygen atoms in total. The molecule has 3 rings (SSSR count). The van der Waals surface area contributed by atoms with E-state index >= 15 is 0 Å². The van der Waals surface area contributed by atoms with Gasteiger partial charge in [-0.15, -0.1) is 6.58 Å². The molecule has 0 unspecified atom stereocenters. The lowest BCUT2D eigenvalue weighted by Gasteiger charge is -2.05. The van der Waals surface area contributed by atoms with E-state index in [9.17, 15) is 4.79 Å². The van der Waals surface area contributed by atoms with Crippen LogP contribution in [0.5, 0.6) is 0 Å². The molecule has 0 aliphatic carbocycles. The summed E-state index contributed by atoms with van der Waals surface area (Å²) in [5.41, 5.74) is 4.15. The Hall–Kier alpha value is -1.73. The number of aromatic nitrogens is 1. The van der Waals surface area contributed by atoms with E-state index in [1.54, 1.807) is 11.3 Å². The summed E-state index contributed by atoms with van der Waals surface area (Å²) in [7, 11) is 0. The van der Waals surface area contributed by atoms with Crippen LogP contribution in [0.4, 0.5) is 0 Å². The van der Waals surface area contributed by atoms with Crippen LogP contribution in [0.15, 0.2) is 54.0 Å². The van der Waals surface area contributed by atoms with Crippen molar-refractivity contribution in [2.45, 2.75) is 20.4 Å². The Bertz CT molecular complexity index is 1010. The molecule has 0 N–H and O–H groups in total. The molecule has 0 aliphatic heterocycles. The minimum Gasteiger partial charge on any atom is -0.312 e. The number of thiazole rings is 1. The minimum atomic E-state index is -0.209. The average Bonchev–Trinajstić information content (AvgIpc) is 2.85. The minimum absolute atomic E-state index is 0.209. The molecule has 0 bridgehead atoms. The number of hydrogen-bond donors (Lipinski definition) is 0. The first-order valence-electron chi connectivity index (χ1n) is 7.56. The summed E-state index contributed by atoms with van der Waals surface area (Å²) < 4.78 is 4.12. The second-order valence-corrected chi connectivity index (χ2v) is 7.78. The first-order chi connectivity index (χ1) is 11.5. The number of fused-ring (bicyclic) bond motifs is 1. The fourth-order valence-corrected chi connectivity index (χ4v) is 4.59. The Morgan fingerprint density at radius 2 is 2.08 bits per heavy atom. The Kier molecular flexibility index (Phi) is 5.01. The number of amides is 1. The van der Waals surface area contributed by atoms with Crippen molar-refractivity contribution >= 4 is 50.1 Å². The van der Waals surface area contributed by atoms with Crippen LogP contribution in [-0.2, 0) is 6.54 Å². The highest BCUT2D eigenvalue weighted by atomic mass is 127. The Morgan fingerprint density at radius 1 is 1.33 bits per heavy atom. The topological polar surface area (TPSA) is 34.4 Å². The van der Waals surface area contributed by atoms with Crippen LogP contribution in [0, 0.1) is 17.4 Å². The number of carbonyl (C=O) groups is 1. The van der Waals surface area contributed by atoms with Crippen LogP contribution >= 0.6 is 33.9 Å². The Balaban J connectivity index is 2.23. The number of halogens is 1. The smallest absolute Gasteiger partial charge is 0.280 e. The van der Waals surface area contributed by atoms with Gasteiger partial charge in [0.05, 0.1) is 15.8 Å². The van der Waals surface area contributed by atoms with E-state index < -0.39 is 0 Å². The molecule has 3 aromatic rings. The fourth-order valence-electron chi connectivity index (χ4n) is 2.76. The average molecular weight is 448 g/mol. The fraction of sp³-hybridized carbons (Fsp3) is 0.158. The molecule has 1 amide bonds. The third-order valence-electron chi connectivity index (χ3n) is 3.73. The summed E-state index contributed by atoms with van der Waals surface area (Å²) in [6, 6.07) is 11.8. The Morgan fingerprint density at radius 3 is 2.79 bits per heavy atom. The number of aryl methyl sites for hydroxylation is 2. The monoisotopic (exact) mass is 448 g/mol. The molecule has 0 aliphatic rings. The summed E-state index contributed by atoms with van der Waals surface area (Å²) in [6.45, 7) is 8.64. The summed E-state index contributed by atoms with van der Waals surface area (Å²) >= 11 is 3.71. The van der Waals surface area contributed by atoms with Crippen molar-refractivity contribution in [1.29, 1.82) is 0 Å². The van der Waals surface area contributed by atoms with Gasteiger partial charge in [0.15, 0.2) is 4.80 Å². The van der Waals surface area contributed by atoms with Crippen LogP contribution in [0.3, 0.4) is 0 Å². The zero-order valence-corrected chi connectivity index (χ0v) is 16.5. The highest BCUT2D eigenvalue weighted by Crippen LogP contribution is 2.23. The predicted molar refractivity (Wildman–Crippen MR) is 109 cm³/mol. The van der Waals surface area contributed by atoms with E-state index in [0.29, 0.717) is 16.9 Å². The van der Waals surface area contributed by atoms with Gasteiger partial charge in [-0.05, 0) is 65.8 Å². The lowest BCUT2D eigenvalue weighted by atomic mass is 10.1. The predicted octanol–water partition coefficient (Wildman–Crippen LogP) is 4.85. The van der Waals surface area contributed by atoms with Crippen molar-refractivity contribution in [3.8, 4) is 0 Å². The van der Waals surface area contributed by atoms with E-state index in [1.807, 2.05) is 30.3 Å². The van der Waals surface area contributed by atoms with Gasteiger partial charge in [-0.25, -0.2) is 0 Å². The first kappa shape index (κ1) is 17.1. The van der Waals surface area contributed by atoms with Crippen molar-refractivity contribution < 1.29 is 4.79 Å². The van der Waals surface area contributed by atoms with Crippen LogP contribution in [0.2, 0.25) is 0 Å². The number of allylic oxidation sites excluding steroid dienone is 1. The second-order valence-electron chi connectivity index (χ2n) is 5.61. The van der Waals surface area contributed by atoms with Crippen LogP contribution in [0.25, 0.3) is 10.2 Å². The number of carbonyl (C=O) groups excluding carboxylic acids is 1. The SMILES string of the molecule is C=CCn1c(=NC(=O)c2ccccc2I)sc2cc(C)cc(C)c21. The molecule has 24 heavy (non-hydrogen) atoms. The van der Waals surface area contributed by atoms with E-state index in [1.165, 1.54) is 11.1 Å². The van der Waals surface area contributed by atoms with Gasteiger partial charge in [-0.2, -0.15) is 4.99 Å². The number of benzene rings is 2. The molecule has 0 fully saturated rings. The molecule has 0 atom stereocenters. The zero-order chi connectivity index (χ0) is 17.3. The van der Waals surface area contributed by atoms with Crippen LogP contribution < -0.4 is 4.80 Å². The molecule has 122 valence electrons. The zero-order valence-electron chi connectivity index (χ0n) is 13.5. The number of hydrogen-bond acceptors (Lipinski definition) is 2. The van der Waals surface area contributed by atoms with Crippen LogP contribution in [0.1, 0.15) is 21.5 Å². The lowest BCUT2D eigenvalue weighted by molar-refractivity contribution is 0.0997. The van der Waals surface area contributed by atoms with Crippen LogP contribution in [-0.4, -0.2) is 10.5 Å². The van der Waals surface area contributed by atoms with Crippen molar-refractivity contribution in [2.75, 3.05) is 0 Å².